The van der Waals surface area contributed by atoms with Gasteiger partial charge < -0.3 is 11.1 Å². The first kappa shape index (κ1) is 13.8. The van der Waals surface area contributed by atoms with Gasteiger partial charge in [-0.15, -0.1) is 0 Å². The van der Waals surface area contributed by atoms with E-state index in [1.165, 1.54) is 18.2 Å². The van der Waals surface area contributed by atoms with E-state index in [1.54, 1.807) is 30.3 Å². The maximum Gasteiger partial charge on any atom is 0.258 e. The molecule has 3 N–H and O–H groups in total. The Morgan fingerprint density at radius 3 is 2.60 bits per heavy atom. The Hall–Kier alpha value is -2.64. The van der Waals surface area contributed by atoms with Gasteiger partial charge in [0.1, 0.15) is 5.82 Å². The van der Waals surface area contributed by atoms with Gasteiger partial charge in [-0.3, -0.25) is 4.79 Å². The molecular weight excluding hydrogens is 255 g/mol. The van der Waals surface area contributed by atoms with Gasteiger partial charge in [-0.2, -0.15) is 0 Å². The fourth-order valence-electron chi connectivity index (χ4n) is 1.68. The van der Waals surface area contributed by atoms with Gasteiger partial charge in [0, 0.05) is 5.56 Å². The summed E-state index contributed by atoms with van der Waals surface area (Å²) >= 11 is 0. The molecule has 2 aromatic carbocycles. The lowest BCUT2D eigenvalue weighted by atomic mass is 10.1. The molecule has 0 unspecified atom stereocenters. The summed E-state index contributed by atoms with van der Waals surface area (Å²) in [4.78, 5) is 12.0. The molecule has 2 aromatic rings. The molecule has 0 atom stereocenters. The van der Waals surface area contributed by atoms with Crippen molar-refractivity contribution in [3.63, 3.8) is 0 Å². The van der Waals surface area contributed by atoms with E-state index in [4.69, 9.17) is 5.73 Å². The average molecular weight is 268 g/mol. The fraction of sp³-hybridized carbons (Fsp3) is 0.0625. The molecule has 2 rings (SSSR count). The number of benzene rings is 2. The first-order valence-electron chi connectivity index (χ1n) is 6.06. The second-order valence-corrected chi connectivity index (χ2v) is 3.99. The summed E-state index contributed by atoms with van der Waals surface area (Å²) < 4.78 is 13.5. The first-order valence-corrected chi connectivity index (χ1v) is 6.06. The standard InChI is InChI=1S/C16H13FN2O/c17-14-9-3-2-8-13(14)16(20)19-15-10-4-1-6-12(15)7-5-11-18/h1-4,6,8-10H,11,18H2,(H,19,20). The highest BCUT2D eigenvalue weighted by atomic mass is 19.1. The van der Waals surface area contributed by atoms with E-state index in [0.717, 1.165) is 0 Å². The van der Waals surface area contributed by atoms with Crippen LogP contribution in [0.5, 0.6) is 0 Å². The molecule has 0 aromatic heterocycles. The van der Waals surface area contributed by atoms with Gasteiger partial charge in [-0.25, -0.2) is 4.39 Å². The summed E-state index contributed by atoms with van der Waals surface area (Å²) in [7, 11) is 0. The van der Waals surface area contributed by atoms with Gasteiger partial charge in [0.25, 0.3) is 5.91 Å². The van der Waals surface area contributed by atoms with Gasteiger partial charge in [0.2, 0.25) is 0 Å². The van der Waals surface area contributed by atoms with Crippen LogP contribution in [0.4, 0.5) is 10.1 Å². The second kappa shape index (κ2) is 6.50. The molecule has 100 valence electrons. The zero-order chi connectivity index (χ0) is 14.4. The fourth-order valence-corrected chi connectivity index (χ4v) is 1.68. The maximum atomic E-state index is 13.5. The lowest BCUT2D eigenvalue weighted by Crippen LogP contribution is -2.14. The number of nitrogens with one attached hydrogen (secondary N) is 1. The molecule has 0 spiro atoms. The minimum atomic E-state index is -0.560. The van der Waals surface area contributed by atoms with Crippen LogP contribution in [0.3, 0.4) is 0 Å². The number of carbonyl (C=O) groups is 1. The van der Waals surface area contributed by atoms with Gasteiger partial charge in [-0.05, 0) is 24.3 Å². The lowest BCUT2D eigenvalue weighted by Gasteiger charge is -2.08. The van der Waals surface area contributed by atoms with Crippen LogP contribution < -0.4 is 11.1 Å². The van der Waals surface area contributed by atoms with Crippen LogP contribution >= 0.6 is 0 Å². The van der Waals surface area contributed by atoms with E-state index < -0.39 is 11.7 Å². The number of halogens is 1. The number of rotatable bonds is 2. The van der Waals surface area contributed by atoms with E-state index in [2.05, 4.69) is 17.2 Å². The van der Waals surface area contributed by atoms with Crippen molar-refractivity contribution in [2.45, 2.75) is 0 Å². The molecule has 0 aliphatic carbocycles. The number of carbonyl (C=O) groups excluding carboxylic acids is 1. The minimum Gasteiger partial charge on any atom is -0.321 e. The van der Waals surface area contributed by atoms with Crippen LogP contribution in [0, 0.1) is 17.7 Å². The van der Waals surface area contributed by atoms with Gasteiger partial charge >= 0.3 is 0 Å². The quantitative estimate of drug-likeness (QED) is 0.822. The van der Waals surface area contributed by atoms with Crippen LogP contribution in [0.2, 0.25) is 0 Å². The Balaban J connectivity index is 2.27. The summed E-state index contributed by atoms with van der Waals surface area (Å²) in [5, 5.41) is 2.65. The molecule has 0 heterocycles. The molecular formula is C16H13FN2O. The monoisotopic (exact) mass is 268 g/mol. The SMILES string of the molecule is NCC#Cc1ccccc1NC(=O)c1ccccc1F. The summed E-state index contributed by atoms with van der Waals surface area (Å²) in [6.45, 7) is 0.232. The Morgan fingerprint density at radius 1 is 1.15 bits per heavy atom. The Bertz CT molecular complexity index is 686. The summed E-state index contributed by atoms with van der Waals surface area (Å²) in [6, 6.07) is 12.9. The van der Waals surface area contributed by atoms with Crippen LogP contribution in [-0.4, -0.2) is 12.5 Å². The normalized spacial score (nSPS) is 9.50. The molecule has 3 nitrogen and oxygen atoms in total. The zero-order valence-electron chi connectivity index (χ0n) is 10.7. The second-order valence-electron chi connectivity index (χ2n) is 3.99. The van der Waals surface area contributed by atoms with Crippen molar-refractivity contribution in [3.05, 3.63) is 65.5 Å². The van der Waals surface area contributed by atoms with E-state index in [1.807, 2.05) is 0 Å². The average Bonchev–Trinajstić information content (AvgIpc) is 2.46. The lowest BCUT2D eigenvalue weighted by molar-refractivity contribution is 0.102. The third-order valence-corrected chi connectivity index (χ3v) is 2.62. The van der Waals surface area contributed by atoms with Gasteiger partial charge in [-0.1, -0.05) is 36.1 Å². The molecule has 4 heteroatoms. The van der Waals surface area contributed by atoms with Gasteiger partial charge in [0.15, 0.2) is 0 Å². The minimum absolute atomic E-state index is 0.00547. The molecule has 0 bridgehead atoms. The third kappa shape index (κ3) is 3.22. The summed E-state index contributed by atoms with van der Waals surface area (Å²) in [5.74, 6) is 4.51. The number of nitrogens with two attached hydrogens (primary N) is 1. The largest absolute Gasteiger partial charge is 0.321 e. The molecule has 0 aliphatic heterocycles. The molecule has 1 amide bonds. The van der Waals surface area contributed by atoms with E-state index in [0.29, 0.717) is 11.3 Å². The van der Waals surface area contributed by atoms with Crippen LogP contribution in [-0.2, 0) is 0 Å². The number of anilines is 1. The summed E-state index contributed by atoms with van der Waals surface area (Å²) in [5.41, 5.74) is 6.49. The van der Waals surface area contributed by atoms with Gasteiger partial charge in [0.05, 0.1) is 17.8 Å². The Labute approximate surface area is 116 Å². The van der Waals surface area contributed by atoms with Crippen LogP contribution in [0.1, 0.15) is 15.9 Å². The highest BCUT2D eigenvalue weighted by Gasteiger charge is 2.11. The molecule has 0 saturated heterocycles. The van der Waals surface area contributed by atoms with E-state index in [9.17, 15) is 9.18 Å². The van der Waals surface area contributed by atoms with Crippen molar-refractivity contribution in [3.8, 4) is 11.8 Å². The highest BCUT2D eigenvalue weighted by molar-refractivity contribution is 6.05. The predicted octanol–water partition coefficient (Wildman–Crippen LogP) is 2.39. The molecule has 20 heavy (non-hydrogen) atoms. The van der Waals surface area contributed by atoms with E-state index >= 15 is 0 Å². The van der Waals surface area contributed by atoms with Crippen molar-refractivity contribution in [1.29, 1.82) is 0 Å². The predicted molar refractivity (Wildman–Crippen MR) is 76.7 cm³/mol. The van der Waals surface area contributed by atoms with Crippen molar-refractivity contribution in [2.75, 3.05) is 11.9 Å². The van der Waals surface area contributed by atoms with Crippen molar-refractivity contribution in [2.24, 2.45) is 5.73 Å². The number of para-hydroxylation sites is 1. The summed E-state index contributed by atoms with van der Waals surface area (Å²) in [6.07, 6.45) is 0. The topological polar surface area (TPSA) is 55.1 Å². The van der Waals surface area contributed by atoms with Crippen LogP contribution in [0.15, 0.2) is 48.5 Å². The van der Waals surface area contributed by atoms with E-state index in [-0.39, 0.29) is 12.1 Å². The first-order chi connectivity index (χ1) is 9.72. The van der Waals surface area contributed by atoms with Crippen molar-refractivity contribution in [1.82, 2.24) is 0 Å². The smallest absolute Gasteiger partial charge is 0.258 e. The number of amides is 1. The molecule has 0 radical (unpaired) electrons. The molecule has 0 aliphatic rings. The Morgan fingerprint density at radius 2 is 1.85 bits per heavy atom. The Kier molecular flexibility index (Phi) is 4.48. The molecule has 0 saturated carbocycles. The van der Waals surface area contributed by atoms with Crippen molar-refractivity contribution < 1.29 is 9.18 Å². The van der Waals surface area contributed by atoms with Crippen LogP contribution in [0.25, 0.3) is 0 Å². The number of hydrogen-bond acceptors (Lipinski definition) is 2. The number of hydrogen-bond donors (Lipinski definition) is 2. The maximum absolute atomic E-state index is 13.5. The van der Waals surface area contributed by atoms with Crippen molar-refractivity contribution >= 4 is 11.6 Å². The third-order valence-electron chi connectivity index (χ3n) is 2.62. The zero-order valence-corrected chi connectivity index (χ0v) is 10.7. The molecule has 0 fully saturated rings. The highest BCUT2D eigenvalue weighted by Crippen LogP contribution is 2.16.